The summed E-state index contributed by atoms with van der Waals surface area (Å²) in [6.45, 7) is 6.98. The highest BCUT2D eigenvalue weighted by molar-refractivity contribution is 7.12. The monoisotopic (exact) mass is 325 g/mol. The third kappa shape index (κ3) is 4.22. The van der Waals surface area contributed by atoms with Gasteiger partial charge in [-0.2, -0.15) is 0 Å². The van der Waals surface area contributed by atoms with Gasteiger partial charge in [-0.15, -0.1) is 11.3 Å². The third-order valence-electron chi connectivity index (χ3n) is 3.62. The molecule has 1 aromatic rings. The largest absolute Gasteiger partial charge is 0.465 e. The molecule has 0 unspecified atom stereocenters. The summed E-state index contributed by atoms with van der Waals surface area (Å²) in [6, 6.07) is 1.91. The molecule has 1 aromatic heterocycles. The van der Waals surface area contributed by atoms with Crippen LogP contribution in [-0.4, -0.2) is 42.8 Å². The van der Waals surface area contributed by atoms with E-state index in [2.05, 4.69) is 0 Å². The van der Waals surface area contributed by atoms with Crippen molar-refractivity contribution in [2.45, 2.75) is 45.1 Å². The van der Waals surface area contributed by atoms with Gasteiger partial charge in [0, 0.05) is 13.1 Å². The van der Waals surface area contributed by atoms with Crippen LogP contribution in [0.5, 0.6) is 0 Å². The normalized spacial score (nSPS) is 16.5. The van der Waals surface area contributed by atoms with Crippen LogP contribution in [0.1, 0.15) is 54.8 Å². The number of thiophene rings is 1. The Hall–Kier alpha value is -1.56. The van der Waals surface area contributed by atoms with Gasteiger partial charge >= 0.3 is 12.1 Å². The standard InChI is InChI=1S/C16H23NO4S/c1-16(2,3)21-15(19)17-7-5-11(6-8-17)12-9-13(22-10-12)14(18)20-4/h9-11H,5-8H2,1-4H3. The minimum absolute atomic E-state index is 0.244. The van der Waals surface area contributed by atoms with Crippen molar-refractivity contribution in [3.63, 3.8) is 0 Å². The van der Waals surface area contributed by atoms with E-state index >= 15 is 0 Å². The summed E-state index contributed by atoms with van der Waals surface area (Å²) in [6.07, 6.45) is 1.53. The Morgan fingerprint density at radius 1 is 1.27 bits per heavy atom. The third-order valence-corrected chi connectivity index (χ3v) is 4.55. The molecule has 6 heteroatoms. The fraction of sp³-hybridized carbons (Fsp3) is 0.625. The van der Waals surface area contributed by atoms with Crippen molar-refractivity contribution in [3.05, 3.63) is 21.9 Å². The lowest BCUT2D eigenvalue weighted by molar-refractivity contribution is 0.0205. The number of hydrogen-bond donors (Lipinski definition) is 0. The van der Waals surface area contributed by atoms with Gasteiger partial charge in [-0.3, -0.25) is 0 Å². The van der Waals surface area contributed by atoms with Gasteiger partial charge in [-0.1, -0.05) is 0 Å². The molecule has 0 radical (unpaired) electrons. The zero-order chi connectivity index (χ0) is 16.3. The predicted molar refractivity (Wildman–Crippen MR) is 85.4 cm³/mol. The molecular formula is C16H23NO4S. The van der Waals surface area contributed by atoms with E-state index in [4.69, 9.17) is 9.47 Å². The van der Waals surface area contributed by atoms with Gasteiger partial charge in [0.1, 0.15) is 10.5 Å². The summed E-state index contributed by atoms with van der Waals surface area (Å²) in [5, 5.41) is 2.01. The topological polar surface area (TPSA) is 55.8 Å². The van der Waals surface area contributed by atoms with E-state index < -0.39 is 5.60 Å². The van der Waals surface area contributed by atoms with Crippen LogP contribution < -0.4 is 0 Å². The number of nitrogens with zero attached hydrogens (tertiary/aromatic N) is 1. The number of esters is 1. The number of carbonyl (C=O) groups excluding carboxylic acids is 2. The van der Waals surface area contributed by atoms with E-state index in [0.29, 0.717) is 23.9 Å². The molecule has 1 aliphatic rings. The highest BCUT2D eigenvalue weighted by Crippen LogP contribution is 2.31. The fourth-order valence-electron chi connectivity index (χ4n) is 2.49. The molecule has 5 nitrogen and oxygen atoms in total. The van der Waals surface area contributed by atoms with Crippen molar-refractivity contribution in [1.82, 2.24) is 4.90 Å². The Morgan fingerprint density at radius 2 is 1.91 bits per heavy atom. The summed E-state index contributed by atoms with van der Waals surface area (Å²) in [5.74, 6) is 0.0933. The molecule has 2 heterocycles. The van der Waals surface area contributed by atoms with Gasteiger partial charge in [-0.05, 0) is 56.5 Å². The van der Waals surface area contributed by atoms with Crippen LogP contribution in [0, 0.1) is 0 Å². The molecule has 1 amide bonds. The first-order valence-electron chi connectivity index (χ1n) is 7.45. The average Bonchev–Trinajstić information content (AvgIpc) is 2.94. The van der Waals surface area contributed by atoms with E-state index in [1.54, 1.807) is 4.90 Å². The number of ether oxygens (including phenoxy) is 2. The second-order valence-electron chi connectivity index (χ2n) is 6.48. The molecular weight excluding hydrogens is 302 g/mol. The average molecular weight is 325 g/mol. The minimum Gasteiger partial charge on any atom is -0.465 e. The van der Waals surface area contributed by atoms with Gasteiger partial charge in [0.15, 0.2) is 0 Å². The first-order valence-corrected chi connectivity index (χ1v) is 8.33. The molecule has 0 spiro atoms. The van der Waals surface area contributed by atoms with Crippen molar-refractivity contribution < 1.29 is 19.1 Å². The minimum atomic E-state index is -0.462. The SMILES string of the molecule is COC(=O)c1cc(C2CCN(C(=O)OC(C)(C)C)CC2)cs1. The quantitative estimate of drug-likeness (QED) is 0.779. The highest BCUT2D eigenvalue weighted by atomic mass is 32.1. The zero-order valence-corrected chi connectivity index (χ0v) is 14.4. The van der Waals surface area contributed by atoms with Crippen LogP contribution in [0.2, 0.25) is 0 Å². The van der Waals surface area contributed by atoms with Gasteiger partial charge < -0.3 is 14.4 Å². The number of amides is 1. The lowest BCUT2D eigenvalue weighted by atomic mass is 9.91. The Balaban J connectivity index is 1.91. The molecule has 22 heavy (non-hydrogen) atoms. The number of hydrogen-bond acceptors (Lipinski definition) is 5. The van der Waals surface area contributed by atoms with Gasteiger partial charge in [0.25, 0.3) is 0 Å². The van der Waals surface area contributed by atoms with Crippen molar-refractivity contribution >= 4 is 23.4 Å². The van der Waals surface area contributed by atoms with Crippen LogP contribution in [0.3, 0.4) is 0 Å². The number of carbonyl (C=O) groups is 2. The zero-order valence-electron chi connectivity index (χ0n) is 13.5. The molecule has 1 saturated heterocycles. The summed E-state index contributed by atoms with van der Waals surface area (Å²) in [5.41, 5.74) is 0.700. The molecule has 0 aromatic carbocycles. The van der Waals surface area contributed by atoms with Gasteiger partial charge in [0.2, 0.25) is 0 Å². The maximum atomic E-state index is 12.0. The summed E-state index contributed by atoms with van der Waals surface area (Å²) in [7, 11) is 1.39. The van der Waals surface area contributed by atoms with Crippen molar-refractivity contribution in [2.24, 2.45) is 0 Å². The van der Waals surface area contributed by atoms with E-state index in [9.17, 15) is 9.59 Å². The van der Waals surface area contributed by atoms with Crippen molar-refractivity contribution in [2.75, 3.05) is 20.2 Å². The lowest BCUT2D eigenvalue weighted by Crippen LogP contribution is -2.41. The Labute approximate surface area is 135 Å². The highest BCUT2D eigenvalue weighted by Gasteiger charge is 2.28. The molecule has 122 valence electrons. The van der Waals surface area contributed by atoms with Crippen molar-refractivity contribution in [1.29, 1.82) is 0 Å². The second kappa shape index (κ2) is 6.69. The maximum absolute atomic E-state index is 12.0. The van der Waals surface area contributed by atoms with E-state index in [-0.39, 0.29) is 12.1 Å². The molecule has 0 aliphatic carbocycles. The van der Waals surface area contributed by atoms with Crippen LogP contribution in [0.15, 0.2) is 11.4 Å². The number of methoxy groups -OCH3 is 1. The van der Waals surface area contributed by atoms with Crippen LogP contribution in [0.4, 0.5) is 4.79 Å². The van der Waals surface area contributed by atoms with Crippen LogP contribution >= 0.6 is 11.3 Å². The first-order chi connectivity index (χ1) is 10.3. The number of rotatable bonds is 2. The maximum Gasteiger partial charge on any atom is 0.410 e. The van der Waals surface area contributed by atoms with Gasteiger partial charge in [-0.25, -0.2) is 9.59 Å². The van der Waals surface area contributed by atoms with Crippen molar-refractivity contribution in [3.8, 4) is 0 Å². The Bertz CT molecular complexity index is 539. The van der Waals surface area contributed by atoms with Gasteiger partial charge in [0.05, 0.1) is 7.11 Å². The van der Waals surface area contributed by atoms with E-state index in [0.717, 1.165) is 18.4 Å². The molecule has 0 bridgehead atoms. The second-order valence-corrected chi connectivity index (χ2v) is 7.39. The summed E-state index contributed by atoms with van der Waals surface area (Å²) < 4.78 is 10.1. The molecule has 0 N–H and O–H groups in total. The molecule has 0 atom stereocenters. The molecule has 1 aliphatic heterocycles. The lowest BCUT2D eigenvalue weighted by Gasteiger charge is -2.33. The summed E-state index contributed by atoms with van der Waals surface area (Å²) >= 11 is 1.41. The number of likely N-dealkylation sites (tertiary alicyclic amines) is 1. The molecule has 0 saturated carbocycles. The molecule has 1 fully saturated rings. The molecule has 2 rings (SSSR count). The summed E-state index contributed by atoms with van der Waals surface area (Å²) in [4.78, 5) is 25.9. The Morgan fingerprint density at radius 3 is 2.45 bits per heavy atom. The van der Waals surface area contributed by atoms with E-state index in [1.165, 1.54) is 18.4 Å². The smallest absolute Gasteiger partial charge is 0.410 e. The predicted octanol–water partition coefficient (Wildman–Crippen LogP) is 3.65. The van der Waals surface area contributed by atoms with Crippen LogP contribution in [0.25, 0.3) is 0 Å². The first kappa shape index (κ1) is 16.8. The van der Waals surface area contributed by atoms with Crippen LogP contribution in [-0.2, 0) is 9.47 Å². The fourth-order valence-corrected chi connectivity index (χ4v) is 3.40. The van der Waals surface area contributed by atoms with E-state index in [1.807, 2.05) is 32.2 Å². The Kier molecular flexibility index (Phi) is 5.11. The number of piperidine rings is 1.